The van der Waals surface area contributed by atoms with Crippen LogP contribution in [0.2, 0.25) is 0 Å². The van der Waals surface area contributed by atoms with E-state index in [0.717, 1.165) is 42.7 Å². The second-order valence-electron chi connectivity index (χ2n) is 9.44. The summed E-state index contributed by atoms with van der Waals surface area (Å²) >= 11 is 0. The van der Waals surface area contributed by atoms with Crippen molar-refractivity contribution in [2.24, 2.45) is 0 Å². The Balaban J connectivity index is 1.72. The summed E-state index contributed by atoms with van der Waals surface area (Å²) in [6.07, 6.45) is 3.40. The number of carbonyl (C=O) groups is 2. The van der Waals surface area contributed by atoms with Gasteiger partial charge in [-0.05, 0) is 54.8 Å². The Morgan fingerprint density at radius 3 is 2.38 bits per heavy atom. The summed E-state index contributed by atoms with van der Waals surface area (Å²) < 4.78 is 41.4. The number of likely N-dealkylation sites (N-methyl/N-ethyl adjacent to an activating group) is 1. The van der Waals surface area contributed by atoms with Crippen LogP contribution < -0.4 is 0 Å². The van der Waals surface area contributed by atoms with Gasteiger partial charge >= 0.3 is 6.18 Å². The first-order valence-electron chi connectivity index (χ1n) is 13.3. The minimum Gasteiger partial charge on any atom is -0.345 e. The molecule has 0 bridgehead atoms. The van der Waals surface area contributed by atoms with Crippen LogP contribution in [-0.4, -0.2) is 45.8 Å². The molecule has 1 heterocycles. The van der Waals surface area contributed by atoms with E-state index in [-0.39, 0.29) is 24.9 Å². The van der Waals surface area contributed by atoms with Crippen molar-refractivity contribution in [3.05, 3.63) is 101 Å². The molecule has 0 aliphatic rings. The third-order valence-corrected chi connectivity index (χ3v) is 6.51. The van der Waals surface area contributed by atoms with Crippen molar-refractivity contribution in [3.8, 4) is 0 Å². The molecule has 39 heavy (non-hydrogen) atoms. The van der Waals surface area contributed by atoms with Crippen LogP contribution in [0.1, 0.15) is 55.5 Å². The largest absolute Gasteiger partial charge is 0.416 e. The molecule has 2 amide bonds. The lowest BCUT2D eigenvalue weighted by atomic mass is 10.1. The van der Waals surface area contributed by atoms with Crippen LogP contribution in [0.3, 0.4) is 0 Å². The van der Waals surface area contributed by atoms with Gasteiger partial charge in [0.25, 0.3) is 0 Å². The predicted octanol–water partition coefficient (Wildman–Crippen LogP) is 6.64. The first kappa shape index (κ1) is 29.7. The lowest BCUT2D eigenvalue weighted by molar-refractivity contribution is -0.138. The Labute approximate surface area is 228 Å². The van der Waals surface area contributed by atoms with Gasteiger partial charge < -0.3 is 14.4 Å². The molecule has 8 heteroatoms. The Morgan fingerprint density at radius 1 is 0.923 bits per heavy atom. The Hall–Kier alpha value is -3.81. The van der Waals surface area contributed by atoms with E-state index in [4.69, 9.17) is 0 Å². The fourth-order valence-corrected chi connectivity index (χ4v) is 4.28. The van der Waals surface area contributed by atoms with Crippen molar-refractivity contribution in [3.63, 3.8) is 0 Å². The van der Waals surface area contributed by atoms with E-state index in [0.29, 0.717) is 25.2 Å². The van der Waals surface area contributed by atoms with Crippen LogP contribution in [0.25, 0.3) is 6.08 Å². The fraction of sp³-hybridized carbons (Fsp3) is 0.355. The molecule has 0 fully saturated rings. The average molecular weight is 540 g/mol. The number of nitrogens with zero attached hydrogens (tertiary/aromatic N) is 3. The van der Waals surface area contributed by atoms with Crippen molar-refractivity contribution in [1.82, 2.24) is 14.4 Å². The minimum absolute atomic E-state index is 0.0467. The molecule has 1 aromatic heterocycles. The van der Waals surface area contributed by atoms with Gasteiger partial charge in [0.1, 0.15) is 6.54 Å². The van der Waals surface area contributed by atoms with E-state index in [1.807, 2.05) is 54.0 Å². The Morgan fingerprint density at radius 2 is 1.69 bits per heavy atom. The number of benzene rings is 2. The number of carbonyl (C=O) groups excluding carboxylic acids is 2. The normalized spacial score (nSPS) is 11.6. The van der Waals surface area contributed by atoms with E-state index in [2.05, 4.69) is 6.92 Å². The SMILES string of the molecule is CCCCCN(Cc1cccn1Cc1cccc(C(F)(F)F)c1)C(=O)CN(CC)C(=O)C=Cc1ccccc1. The molecule has 0 atom stereocenters. The molecule has 3 rings (SSSR count). The molecule has 0 spiro atoms. The number of alkyl halides is 3. The van der Waals surface area contributed by atoms with E-state index < -0.39 is 11.7 Å². The van der Waals surface area contributed by atoms with Gasteiger partial charge in [-0.15, -0.1) is 0 Å². The van der Waals surface area contributed by atoms with Crippen LogP contribution in [0.15, 0.2) is 79.0 Å². The third kappa shape index (κ3) is 9.16. The average Bonchev–Trinajstić information content (AvgIpc) is 3.36. The minimum atomic E-state index is -4.41. The summed E-state index contributed by atoms with van der Waals surface area (Å²) in [5, 5.41) is 0. The van der Waals surface area contributed by atoms with Gasteiger partial charge in [0.2, 0.25) is 11.8 Å². The van der Waals surface area contributed by atoms with Gasteiger partial charge in [-0.1, -0.05) is 62.2 Å². The highest BCUT2D eigenvalue weighted by atomic mass is 19.4. The summed E-state index contributed by atoms with van der Waals surface area (Å²) in [5.74, 6) is -0.405. The van der Waals surface area contributed by atoms with E-state index in [1.165, 1.54) is 17.0 Å². The summed E-state index contributed by atoms with van der Waals surface area (Å²) in [6, 6.07) is 18.5. The number of aromatic nitrogens is 1. The zero-order valence-corrected chi connectivity index (χ0v) is 22.5. The van der Waals surface area contributed by atoms with Crippen LogP contribution >= 0.6 is 0 Å². The van der Waals surface area contributed by atoms with E-state index in [1.54, 1.807) is 23.2 Å². The first-order chi connectivity index (χ1) is 18.7. The van der Waals surface area contributed by atoms with Gasteiger partial charge in [0.15, 0.2) is 0 Å². The number of hydrogen-bond acceptors (Lipinski definition) is 2. The van der Waals surface area contributed by atoms with Crippen LogP contribution in [0.5, 0.6) is 0 Å². The number of unbranched alkanes of at least 4 members (excludes halogenated alkanes) is 2. The molecule has 0 saturated carbocycles. The summed E-state index contributed by atoms with van der Waals surface area (Å²) in [4.78, 5) is 29.5. The number of amides is 2. The number of hydrogen-bond donors (Lipinski definition) is 0. The van der Waals surface area contributed by atoms with Crippen LogP contribution in [0, 0.1) is 0 Å². The molecular weight excluding hydrogens is 503 g/mol. The second-order valence-corrected chi connectivity index (χ2v) is 9.44. The van der Waals surface area contributed by atoms with Crippen molar-refractivity contribution < 1.29 is 22.8 Å². The third-order valence-electron chi connectivity index (χ3n) is 6.51. The van der Waals surface area contributed by atoms with Crippen molar-refractivity contribution >= 4 is 17.9 Å². The summed E-state index contributed by atoms with van der Waals surface area (Å²) in [7, 11) is 0. The molecule has 0 radical (unpaired) electrons. The maximum atomic E-state index is 13.4. The highest BCUT2D eigenvalue weighted by molar-refractivity contribution is 5.94. The lowest BCUT2D eigenvalue weighted by Crippen LogP contribution is -2.42. The number of rotatable bonds is 13. The molecule has 5 nitrogen and oxygen atoms in total. The zero-order valence-electron chi connectivity index (χ0n) is 22.5. The van der Waals surface area contributed by atoms with Gasteiger partial charge in [0.05, 0.1) is 12.1 Å². The smallest absolute Gasteiger partial charge is 0.345 e. The standard InChI is InChI=1S/C31H36F3N3O2/c1-3-5-9-19-37(30(39)24-35(4-2)29(38)18-17-25-12-7-6-8-13-25)23-28-16-11-20-36(28)22-26-14-10-15-27(21-26)31(32,33)34/h6-8,10-18,20-21H,3-5,9,19,22-24H2,1-2H3. The number of halogens is 3. The molecule has 2 aromatic carbocycles. The van der Waals surface area contributed by atoms with Gasteiger partial charge in [-0.3, -0.25) is 9.59 Å². The van der Waals surface area contributed by atoms with Crippen molar-refractivity contribution in [2.45, 2.75) is 52.4 Å². The Kier molecular flexibility index (Phi) is 11.0. The molecule has 0 aliphatic heterocycles. The van der Waals surface area contributed by atoms with Crippen molar-refractivity contribution in [1.29, 1.82) is 0 Å². The van der Waals surface area contributed by atoms with Crippen LogP contribution in [0.4, 0.5) is 13.2 Å². The monoisotopic (exact) mass is 539 g/mol. The van der Waals surface area contributed by atoms with Crippen molar-refractivity contribution in [2.75, 3.05) is 19.6 Å². The molecule has 0 aliphatic carbocycles. The van der Waals surface area contributed by atoms with Gasteiger partial charge in [-0.2, -0.15) is 13.2 Å². The summed E-state index contributed by atoms with van der Waals surface area (Å²) in [5.41, 5.74) is 1.56. The molecule has 0 saturated heterocycles. The highest BCUT2D eigenvalue weighted by Crippen LogP contribution is 2.29. The molecule has 208 valence electrons. The molecule has 0 unspecified atom stereocenters. The first-order valence-corrected chi connectivity index (χ1v) is 13.3. The fourth-order valence-electron chi connectivity index (χ4n) is 4.28. The molecule has 3 aromatic rings. The van der Waals surface area contributed by atoms with Gasteiger partial charge in [-0.25, -0.2) is 0 Å². The maximum Gasteiger partial charge on any atom is 0.416 e. The summed E-state index contributed by atoms with van der Waals surface area (Å²) in [6.45, 7) is 5.36. The van der Waals surface area contributed by atoms with E-state index >= 15 is 0 Å². The lowest BCUT2D eigenvalue weighted by Gasteiger charge is -2.27. The maximum absolute atomic E-state index is 13.4. The van der Waals surface area contributed by atoms with Gasteiger partial charge in [0, 0.05) is 37.6 Å². The van der Waals surface area contributed by atoms with Crippen LogP contribution in [-0.2, 0) is 28.9 Å². The molecular formula is C31H36F3N3O2. The van der Waals surface area contributed by atoms with E-state index in [9.17, 15) is 22.8 Å². The quantitative estimate of drug-likeness (QED) is 0.181. The Bertz CT molecular complexity index is 1240. The molecule has 0 N–H and O–H groups in total. The topological polar surface area (TPSA) is 45.6 Å². The predicted molar refractivity (Wildman–Crippen MR) is 148 cm³/mol. The second kappa shape index (κ2) is 14.4. The zero-order chi connectivity index (χ0) is 28.3. The highest BCUT2D eigenvalue weighted by Gasteiger charge is 2.30.